The Morgan fingerprint density at radius 3 is 2.73 bits per heavy atom. The molecule has 0 radical (unpaired) electrons. The number of aliphatic carboxylic acids is 1. The summed E-state index contributed by atoms with van der Waals surface area (Å²) in [5.41, 5.74) is 0.938. The van der Waals surface area contributed by atoms with Gasteiger partial charge in [-0.3, -0.25) is 4.79 Å². The van der Waals surface area contributed by atoms with Crippen LogP contribution in [0.15, 0.2) is 41.4 Å². The van der Waals surface area contributed by atoms with E-state index in [9.17, 15) is 4.79 Å². The number of aryl methyl sites for hydroxylation is 1. The first kappa shape index (κ1) is 15.0. The van der Waals surface area contributed by atoms with Crippen LogP contribution in [0.3, 0.4) is 0 Å². The van der Waals surface area contributed by atoms with E-state index in [1.54, 1.807) is 11.3 Å². The molecule has 0 aliphatic carbocycles. The average Bonchev–Trinajstić information content (AvgIpc) is 2.96. The van der Waals surface area contributed by atoms with E-state index >= 15 is 0 Å². The summed E-state index contributed by atoms with van der Waals surface area (Å²) in [4.78, 5) is 22.2. The van der Waals surface area contributed by atoms with Gasteiger partial charge >= 0.3 is 5.97 Å². The summed E-state index contributed by atoms with van der Waals surface area (Å²) in [7, 11) is 0. The molecule has 112 valence electrons. The van der Waals surface area contributed by atoms with Crippen LogP contribution < -0.4 is 0 Å². The lowest BCUT2D eigenvalue weighted by Crippen LogP contribution is -1.99. The van der Waals surface area contributed by atoms with Gasteiger partial charge in [0.1, 0.15) is 9.86 Å². The van der Waals surface area contributed by atoms with E-state index in [-0.39, 0.29) is 5.75 Å². The third kappa shape index (κ3) is 3.13. The molecule has 0 unspecified atom stereocenters. The third-order valence-corrected chi connectivity index (χ3v) is 5.27. The molecule has 2 heterocycles. The predicted molar refractivity (Wildman–Crippen MR) is 90.6 cm³/mol. The van der Waals surface area contributed by atoms with Crippen LogP contribution in [0.1, 0.15) is 11.8 Å². The van der Waals surface area contributed by atoms with Crippen LogP contribution in [0, 0.1) is 0 Å². The number of carboxylic acid groups (broad SMARTS) is 1. The zero-order valence-electron chi connectivity index (χ0n) is 11.9. The predicted octanol–water partition coefficient (Wildman–Crippen LogP) is 4.10. The molecule has 0 saturated heterocycles. The van der Waals surface area contributed by atoms with Gasteiger partial charge in [0.05, 0.1) is 5.75 Å². The molecule has 22 heavy (non-hydrogen) atoms. The van der Waals surface area contributed by atoms with Crippen LogP contribution in [0.4, 0.5) is 0 Å². The summed E-state index contributed by atoms with van der Waals surface area (Å²) in [6, 6.07) is 11.8. The molecule has 0 spiro atoms. The molecule has 0 amide bonds. The van der Waals surface area contributed by atoms with Gasteiger partial charge in [-0.1, -0.05) is 49.0 Å². The molecule has 6 heteroatoms. The van der Waals surface area contributed by atoms with E-state index in [4.69, 9.17) is 5.11 Å². The molecule has 4 nitrogen and oxygen atoms in total. The Balaban J connectivity index is 2.12. The second kappa shape index (κ2) is 6.46. The largest absolute Gasteiger partial charge is 0.481 e. The number of carboxylic acids is 1. The molecular weight excluding hydrogens is 316 g/mol. The monoisotopic (exact) mass is 330 g/mol. The smallest absolute Gasteiger partial charge is 0.313 e. The summed E-state index contributed by atoms with van der Waals surface area (Å²) in [5, 5.41) is 10.6. The van der Waals surface area contributed by atoms with Crippen molar-refractivity contribution in [3.63, 3.8) is 0 Å². The average molecular weight is 330 g/mol. The van der Waals surface area contributed by atoms with Crippen LogP contribution in [0.2, 0.25) is 0 Å². The van der Waals surface area contributed by atoms with Gasteiger partial charge in [0.2, 0.25) is 0 Å². The second-order valence-electron chi connectivity index (χ2n) is 4.69. The highest BCUT2D eigenvalue weighted by atomic mass is 32.2. The number of nitrogens with zero attached hydrogens (tertiary/aromatic N) is 2. The highest BCUT2D eigenvalue weighted by Gasteiger charge is 2.14. The molecular formula is C16H14N2O2S2. The minimum Gasteiger partial charge on any atom is -0.481 e. The molecule has 0 bridgehead atoms. The Bertz CT molecular complexity index is 816. The summed E-state index contributed by atoms with van der Waals surface area (Å²) < 4.78 is 0. The van der Waals surface area contributed by atoms with Gasteiger partial charge in [-0.25, -0.2) is 9.97 Å². The maximum atomic E-state index is 10.9. The Kier molecular flexibility index (Phi) is 4.40. The summed E-state index contributed by atoms with van der Waals surface area (Å²) in [6.45, 7) is 2.10. The lowest BCUT2D eigenvalue weighted by Gasteiger charge is -2.04. The van der Waals surface area contributed by atoms with Crippen LogP contribution in [0.5, 0.6) is 0 Å². The Hall–Kier alpha value is -1.92. The van der Waals surface area contributed by atoms with Gasteiger partial charge in [-0.15, -0.1) is 11.3 Å². The first-order chi connectivity index (χ1) is 10.7. The quantitative estimate of drug-likeness (QED) is 0.564. The van der Waals surface area contributed by atoms with Crippen molar-refractivity contribution in [3.05, 3.63) is 41.3 Å². The number of hydrogen-bond donors (Lipinski definition) is 1. The maximum absolute atomic E-state index is 10.9. The van der Waals surface area contributed by atoms with Crippen molar-refractivity contribution in [2.45, 2.75) is 18.4 Å². The SMILES string of the molecule is CCc1cc2c(SCC(=O)O)nc(-c3ccccc3)nc2s1. The zero-order chi connectivity index (χ0) is 15.5. The van der Waals surface area contributed by atoms with E-state index in [1.807, 2.05) is 30.3 Å². The standard InChI is InChI=1S/C16H14N2O2S2/c1-2-11-8-12-15(21-9-13(19)20)17-14(18-16(12)22-11)10-6-4-3-5-7-10/h3-8H,2,9H2,1H3,(H,19,20). The van der Waals surface area contributed by atoms with Crippen LogP contribution in [-0.2, 0) is 11.2 Å². The van der Waals surface area contributed by atoms with Gasteiger partial charge in [0.15, 0.2) is 5.82 Å². The van der Waals surface area contributed by atoms with E-state index in [1.165, 1.54) is 16.6 Å². The van der Waals surface area contributed by atoms with E-state index in [2.05, 4.69) is 23.0 Å². The fourth-order valence-corrected chi connectivity index (χ4v) is 3.83. The third-order valence-electron chi connectivity index (χ3n) is 3.12. The van der Waals surface area contributed by atoms with Crippen molar-refractivity contribution in [1.82, 2.24) is 9.97 Å². The lowest BCUT2D eigenvalue weighted by atomic mass is 10.2. The van der Waals surface area contributed by atoms with E-state index in [0.717, 1.165) is 27.2 Å². The van der Waals surface area contributed by atoms with Crippen molar-refractivity contribution in [1.29, 1.82) is 0 Å². The summed E-state index contributed by atoms with van der Waals surface area (Å²) in [6.07, 6.45) is 0.935. The van der Waals surface area contributed by atoms with Crippen molar-refractivity contribution >= 4 is 39.3 Å². The number of benzene rings is 1. The van der Waals surface area contributed by atoms with Gasteiger partial charge in [0, 0.05) is 15.8 Å². The fourth-order valence-electron chi connectivity index (χ4n) is 2.08. The number of aromatic nitrogens is 2. The van der Waals surface area contributed by atoms with Crippen molar-refractivity contribution in [2.24, 2.45) is 0 Å². The maximum Gasteiger partial charge on any atom is 0.313 e. The first-order valence-electron chi connectivity index (χ1n) is 6.88. The molecule has 0 saturated carbocycles. The molecule has 1 N–H and O–H groups in total. The fraction of sp³-hybridized carbons (Fsp3) is 0.188. The molecule has 1 aromatic carbocycles. The van der Waals surface area contributed by atoms with Crippen molar-refractivity contribution in [2.75, 3.05) is 5.75 Å². The normalized spacial score (nSPS) is 11.0. The summed E-state index contributed by atoms with van der Waals surface area (Å²) in [5.74, 6) is -0.202. The number of fused-ring (bicyclic) bond motifs is 1. The Labute approximate surface area is 136 Å². The van der Waals surface area contributed by atoms with Crippen molar-refractivity contribution < 1.29 is 9.90 Å². The van der Waals surface area contributed by atoms with Crippen LogP contribution in [-0.4, -0.2) is 26.8 Å². The Morgan fingerprint density at radius 1 is 1.27 bits per heavy atom. The minimum absolute atomic E-state index is 0.00233. The van der Waals surface area contributed by atoms with Gasteiger partial charge in [0.25, 0.3) is 0 Å². The molecule has 0 fully saturated rings. The van der Waals surface area contributed by atoms with Crippen LogP contribution >= 0.6 is 23.1 Å². The number of carbonyl (C=O) groups is 1. The van der Waals surface area contributed by atoms with Crippen LogP contribution in [0.25, 0.3) is 21.6 Å². The van der Waals surface area contributed by atoms with Gasteiger partial charge in [-0.05, 0) is 12.5 Å². The van der Waals surface area contributed by atoms with Gasteiger partial charge in [-0.2, -0.15) is 0 Å². The molecule has 3 aromatic rings. The number of thioether (sulfide) groups is 1. The lowest BCUT2D eigenvalue weighted by molar-refractivity contribution is -0.133. The van der Waals surface area contributed by atoms with Gasteiger partial charge < -0.3 is 5.11 Å². The molecule has 0 atom stereocenters. The van der Waals surface area contributed by atoms with E-state index in [0.29, 0.717) is 5.82 Å². The highest BCUT2D eigenvalue weighted by Crippen LogP contribution is 2.33. The number of hydrogen-bond acceptors (Lipinski definition) is 5. The minimum atomic E-state index is -0.844. The zero-order valence-corrected chi connectivity index (χ0v) is 13.6. The number of rotatable bonds is 5. The molecule has 0 aliphatic heterocycles. The number of thiophene rings is 1. The highest BCUT2D eigenvalue weighted by molar-refractivity contribution is 8.00. The van der Waals surface area contributed by atoms with E-state index < -0.39 is 5.97 Å². The second-order valence-corrected chi connectivity index (χ2v) is 6.77. The summed E-state index contributed by atoms with van der Waals surface area (Å²) >= 11 is 2.89. The molecule has 3 rings (SSSR count). The first-order valence-corrected chi connectivity index (χ1v) is 8.68. The Morgan fingerprint density at radius 2 is 2.05 bits per heavy atom. The molecule has 2 aromatic heterocycles. The van der Waals surface area contributed by atoms with Crippen molar-refractivity contribution in [3.8, 4) is 11.4 Å². The molecule has 0 aliphatic rings. The topological polar surface area (TPSA) is 63.1 Å².